The molecule has 3 aromatic heterocycles. The summed E-state index contributed by atoms with van der Waals surface area (Å²) < 4.78 is 8.51. The van der Waals surface area contributed by atoms with Crippen LogP contribution in [-0.2, 0) is 11.3 Å². The van der Waals surface area contributed by atoms with Gasteiger partial charge in [-0.3, -0.25) is 24.3 Å². The van der Waals surface area contributed by atoms with E-state index in [1.165, 1.54) is 10.5 Å². The van der Waals surface area contributed by atoms with Gasteiger partial charge >= 0.3 is 0 Å². The molecule has 31 heavy (non-hydrogen) atoms. The van der Waals surface area contributed by atoms with Crippen molar-refractivity contribution in [2.24, 2.45) is 0 Å². The number of nitrogens with zero attached hydrogens (tertiary/aromatic N) is 4. The zero-order valence-electron chi connectivity index (χ0n) is 18.0. The fourth-order valence-corrected chi connectivity index (χ4v) is 3.96. The molecule has 1 aliphatic heterocycles. The number of pyridine rings is 2. The Morgan fingerprint density at radius 3 is 2.77 bits per heavy atom. The molecule has 2 N–H and O–H groups in total. The van der Waals surface area contributed by atoms with E-state index in [2.05, 4.69) is 10.2 Å². The summed E-state index contributed by atoms with van der Waals surface area (Å²) in [6.45, 7) is 8.69. The van der Waals surface area contributed by atoms with Gasteiger partial charge in [0.2, 0.25) is 0 Å². The first-order valence-electron chi connectivity index (χ1n) is 10.7. The largest absolute Gasteiger partial charge is 0.379 e. The van der Waals surface area contributed by atoms with Crippen molar-refractivity contribution in [2.45, 2.75) is 26.8 Å². The Morgan fingerprint density at radius 2 is 2.03 bits per heavy atom. The predicted molar refractivity (Wildman–Crippen MR) is 117 cm³/mol. The molecule has 9 nitrogen and oxygen atoms in total. The maximum atomic E-state index is 13.2. The van der Waals surface area contributed by atoms with Gasteiger partial charge in [0.15, 0.2) is 0 Å². The van der Waals surface area contributed by atoms with Crippen LogP contribution in [-0.4, -0.2) is 64.2 Å². The number of fused-ring (bicyclic) bond motifs is 2. The van der Waals surface area contributed by atoms with Crippen LogP contribution in [0.2, 0.25) is 0 Å². The van der Waals surface area contributed by atoms with E-state index < -0.39 is 0 Å². The van der Waals surface area contributed by atoms with Gasteiger partial charge in [0.25, 0.3) is 11.5 Å². The van der Waals surface area contributed by atoms with Crippen molar-refractivity contribution in [1.29, 1.82) is 5.41 Å². The lowest BCUT2D eigenvalue weighted by molar-refractivity contribution is 0.0383. The fraction of sp³-hybridized carbons (Fsp3) is 0.455. The number of aryl methyl sites for hydroxylation is 2. The lowest BCUT2D eigenvalue weighted by Crippen LogP contribution is -2.42. The fourth-order valence-electron chi connectivity index (χ4n) is 3.96. The Morgan fingerprint density at radius 1 is 1.26 bits per heavy atom. The first-order chi connectivity index (χ1) is 15.0. The van der Waals surface area contributed by atoms with Crippen molar-refractivity contribution in [3.05, 3.63) is 51.4 Å². The van der Waals surface area contributed by atoms with E-state index in [9.17, 15) is 9.59 Å². The van der Waals surface area contributed by atoms with Crippen LogP contribution < -0.4 is 16.4 Å². The Balaban J connectivity index is 1.73. The summed E-state index contributed by atoms with van der Waals surface area (Å²) in [7, 11) is 0. The van der Waals surface area contributed by atoms with Crippen molar-refractivity contribution >= 4 is 22.6 Å². The normalized spacial score (nSPS) is 14.9. The van der Waals surface area contributed by atoms with Gasteiger partial charge in [-0.25, -0.2) is 4.98 Å². The molecule has 0 bridgehead atoms. The van der Waals surface area contributed by atoms with E-state index in [0.29, 0.717) is 43.0 Å². The van der Waals surface area contributed by atoms with Crippen molar-refractivity contribution in [2.75, 3.05) is 39.4 Å². The molecule has 0 saturated carbocycles. The summed E-state index contributed by atoms with van der Waals surface area (Å²) in [5.41, 5.74) is 1.90. The Kier molecular flexibility index (Phi) is 6.15. The number of hydrogen-bond acceptors (Lipinski definition) is 6. The van der Waals surface area contributed by atoms with Crippen molar-refractivity contribution in [3.63, 3.8) is 0 Å². The Labute approximate surface area is 179 Å². The van der Waals surface area contributed by atoms with E-state index in [1.807, 2.05) is 19.9 Å². The van der Waals surface area contributed by atoms with Crippen LogP contribution >= 0.6 is 0 Å². The molecule has 1 fully saturated rings. The summed E-state index contributed by atoms with van der Waals surface area (Å²) in [6.07, 6.45) is 2.43. The number of morpholine rings is 1. The SMILES string of the molecule is CCCn1c(=N)c(C(=O)NCCN2CCOCC2)cc2c(=O)n3cccc(C)c3nc21. The zero-order valence-corrected chi connectivity index (χ0v) is 18.0. The third kappa shape index (κ3) is 4.11. The van der Waals surface area contributed by atoms with Crippen LogP contribution in [0, 0.1) is 12.3 Å². The van der Waals surface area contributed by atoms with Crippen molar-refractivity contribution in [1.82, 2.24) is 24.2 Å². The number of ether oxygens (including phenoxy) is 1. The molecule has 0 aromatic carbocycles. The molecule has 1 aliphatic rings. The van der Waals surface area contributed by atoms with Crippen LogP contribution in [0.3, 0.4) is 0 Å². The van der Waals surface area contributed by atoms with Crippen LogP contribution in [0.1, 0.15) is 29.3 Å². The van der Waals surface area contributed by atoms with Gasteiger partial charge in [-0.1, -0.05) is 13.0 Å². The van der Waals surface area contributed by atoms with Gasteiger partial charge in [-0.15, -0.1) is 0 Å². The van der Waals surface area contributed by atoms with Gasteiger partial charge in [-0.05, 0) is 31.0 Å². The van der Waals surface area contributed by atoms with E-state index in [1.54, 1.807) is 16.8 Å². The van der Waals surface area contributed by atoms with E-state index >= 15 is 0 Å². The molecular weight excluding hydrogens is 396 g/mol. The number of amides is 1. The van der Waals surface area contributed by atoms with Gasteiger partial charge in [-0.2, -0.15) is 0 Å². The maximum Gasteiger partial charge on any atom is 0.267 e. The average molecular weight is 425 g/mol. The van der Waals surface area contributed by atoms with E-state index in [-0.39, 0.29) is 22.5 Å². The number of nitrogens with one attached hydrogen (secondary N) is 2. The number of rotatable bonds is 6. The summed E-state index contributed by atoms with van der Waals surface area (Å²) in [6, 6.07) is 5.21. The molecule has 0 aliphatic carbocycles. The third-order valence-corrected chi connectivity index (χ3v) is 5.64. The number of carbonyl (C=O) groups excluding carboxylic acids is 1. The molecule has 4 rings (SSSR count). The van der Waals surface area contributed by atoms with Gasteiger partial charge in [0.05, 0.1) is 24.2 Å². The van der Waals surface area contributed by atoms with Gasteiger partial charge < -0.3 is 14.6 Å². The molecule has 4 heterocycles. The first kappa shape index (κ1) is 21.2. The van der Waals surface area contributed by atoms with Gasteiger partial charge in [0.1, 0.15) is 16.8 Å². The van der Waals surface area contributed by atoms with E-state index in [0.717, 1.165) is 31.6 Å². The smallest absolute Gasteiger partial charge is 0.267 e. The molecule has 0 radical (unpaired) electrons. The second-order valence-corrected chi connectivity index (χ2v) is 7.81. The highest BCUT2D eigenvalue weighted by Crippen LogP contribution is 2.13. The minimum Gasteiger partial charge on any atom is -0.379 e. The summed E-state index contributed by atoms with van der Waals surface area (Å²) in [5, 5.41) is 11.9. The molecule has 0 atom stereocenters. The molecular formula is C22H28N6O3. The number of aromatic nitrogens is 3. The Hall–Kier alpha value is -3.04. The molecule has 1 saturated heterocycles. The van der Waals surface area contributed by atoms with Crippen molar-refractivity contribution in [3.8, 4) is 0 Å². The summed E-state index contributed by atoms with van der Waals surface area (Å²) >= 11 is 0. The minimum absolute atomic E-state index is 0.0723. The quantitative estimate of drug-likeness (QED) is 0.573. The Bertz CT molecular complexity index is 1240. The third-order valence-electron chi connectivity index (χ3n) is 5.64. The molecule has 3 aromatic rings. The predicted octanol–water partition coefficient (Wildman–Crippen LogP) is 0.909. The lowest BCUT2D eigenvalue weighted by Gasteiger charge is -2.26. The van der Waals surface area contributed by atoms with Crippen molar-refractivity contribution < 1.29 is 9.53 Å². The number of carbonyl (C=O) groups is 1. The monoisotopic (exact) mass is 424 g/mol. The highest BCUT2D eigenvalue weighted by molar-refractivity contribution is 5.96. The lowest BCUT2D eigenvalue weighted by atomic mass is 10.2. The molecule has 164 valence electrons. The van der Waals surface area contributed by atoms with Crippen LogP contribution in [0.4, 0.5) is 0 Å². The average Bonchev–Trinajstić information content (AvgIpc) is 2.77. The topological polar surface area (TPSA) is 105 Å². The van der Waals surface area contributed by atoms with Crippen LogP contribution in [0.25, 0.3) is 16.7 Å². The maximum absolute atomic E-state index is 13.2. The van der Waals surface area contributed by atoms with Crippen LogP contribution in [0.5, 0.6) is 0 Å². The molecule has 1 amide bonds. The highest BCUT2D eigenvalue weighted by atomic mass is 16.5. The standard InChI is InChI=1S/C22H28N6O3/c1-3-7-27-18(23)16(21(29)24-6-9-26-10-12-31-13-11-26)14-17-20(27)25-19-15(2)5-4-8-28(19)22(17)30/h4-5,8,14,23H,3,6-7,9-13H2,1-2H3,(H,24,29). The first-order valence-corrected chi connectivity index (χ1v) is 10.7. The minimum atomic E-state index is -0.348. The summed E-state index contributed by atoms with van der Waals surface area (Å²) in [5.74, 6) is -0.348. The second-order valence-electron chi connectivity index (χ2n) is 7.81. The molecule has 9 heteroatoms. The number of hydrogen-bond donors (Lipinski definition) is 2. The summed E-state index contributed by atoms with van der Waals surface area (Å²) in [4.78, 5) is 33.0. The molecule has 0 spiro atoms. The zero-order chi connectivity index (χ0) is 22.0. The molecule has 0 unspecified atom stereocenters. The second kappa shape index (κ2) is 8.99. The van der Waals surface area contributed by atoms with Crippen LogP contribution in [0.15, 0.2) is 29.2 Å². The highest BCUT2D eigenvalue weighted by Gasteiger charge is 2.18. The van der Waals surface area contributed by atoms with E-state index in [4.69, 9.17) is 15.1 Å². The van der Waals surface area contributed by atoms with Gasteiger partial charge in [0, 0.05) is 38.9 Å².